The molecule has 2 rings (SSSR count). The number of benzene rings is 1. The highest BCUT2D eigenvalue weighted by Gasteiger charge is 2.12. The van der Waals surface area contributed by atoms with Crippen molar-refractivity contribution in [3.05, 3.63) is 63.3 Å². The highest BCUT2D eigenvalue weighted by molar-refractivity contribution is 9.10. The second-order valence-corrected chi connectivity index (χ2v) is 5.05. The van der Waals surface area contributed by atoms with Crippen molar-refractivity contribution in [2.45, 2.75) is 12.5 Å². The van der Waals surface area contributed by atoms with E-state index in [0.717, 1.165) is 22.0 Å². The van der Waals surface area contributed by atoms with Crippen molar-refractivity contribution >= 4 is 27.5 Å². The summed E-state index contributed by atoms with van der Waals surface area (Å²) in [5.41, 5.74) is 8.22. The molecular formula is C13H12BrClN2. The largest absolute Gasteiger partial charge is 0.324 e. The van der Waals surface area contributed by atoms with Gasteiger partial charge in [-0.05, 0) is 45.6 Å². The van der Waals surface area contributed by atoms with Crippen molar-refractivity contribution in [2.24, 2.45) is 5.73 Å². The van der Waals surface area contributed by atoms with Crippen LogP contribution >= 0.6 is 27.5 Å². The van der Waals surface area contributed by atoms with Gasteiger partial charge in [0.25, 0.3) is 0 Å². The van der Waals surface area contributed by atoms with E-state index in [2.05, 4.69) is 20.9 Å². The van der Waals surface area contributed by atoms with Gasteiger partial charge in [0, 0.05) is 22.9 Å². The molecule has 1 unspecified atom stereocenters. The lowest BCUT2D eigenvalue weighted by Gasteiger charge is -2.14. The molecule has 0 saturated heterocycles. The van der Waals surface area contributed by atoms with Gasteiger partial charge in [0.15, 0.2) is 0 Å². The summed E-state index contributed by atoms with van der Waals surface area (Å²) in [7, 11) is 0. The van der Waals surface area contributed by atoms with Crippen molar-refractivity contribution in [2.75, 3.05) is 0 Å². The van der Waals surface area contributed by atoms with Crippen LogP contribution in [0.5, 0.6) is 0 Å². The zero-order valence-corrected chi connectivity index (χ0v) is 11.4. The Labute approximate surface area is 114 Å². The molecule has 1 atom stereocenters. The first-order valence-corrected chi connectivity index (χ1v) is 6.44. The third-order valence-corrected chi connectivity index (χ3v) is 3.87. The Morgan fingerprint density at radius 2 is 2.12 bits per heavy atom. The first-order chi connectivity index (χ1) is 8.18. The van der Waals surface area contributed by atoms with E-state index in [-0.39, 0.29) is 6.04 Å². The van der Waals surface area contributed by atoms with E-state index in [4.69, 9.17) is 17.3 Å². The topological polar surface area (TPSA) is 38.9 Å². The van der Waals surface area contributed by atoms with E-state index in [9.17, 15) is 0 Å². The molecule has 0 spiro atoms. The zero-order valence-electron chi connectivity index (χ0n) is 9.11. The molecule has 0 aliphatic carbocycles. The summed E-state index contributed by atoms with van der Waals surface area (Å²) in [6.45, 7) is 0. The minimum atomic E-state index is -0.121. The van der Waals surface area contributed by atoms with Gasteiger partial charge in [-0.1, -0.05) is 29.8 Å². The Morgan fingerprint density at radius 3 is 2.82 bits per heavy atom. The van der Waals surface area contributed by atoms with E-state index in [1.807, 2.05) is 36.5 Å². The second kappa shape index (κ2) is 5.63. The molecule has 2 aromatic rings. The van der Waals surface area contributed by atoms with Crippen molar-refractivity contribution in [3.8, 4) is 0 Å². The molecule has 0 radical (unpaired) electrons. The molecule has 2 N–H and O–H groups in total. The monoisotopic (exact) mass is 310 g/mol. The van der Waals surface area contributed by atoms with Crippen LogP contribution in [0.1, 0.15) is 17.2 Å². The Bertz CT molecular complexity index is 502. The summed E-state index contributed by atoms with van der Waals surface area (Å²) in [5, 5.41) is 0.684. The van der Waals surface area contributed by atoms with Crippen LogP contribution in [0.15, 0.2) is 47.2 Å². The van der Waals surface area contributed by atoms with Crippen LogP contribution in [0.2, 0.25) is 5.02 Å². The quantitative estimate of drug-likeness (QED) is 0.938. The second-order valence-electron chi connectivity index (χ2n) is 3.81. The number of hydrogen-bond donors (Lipinski definition) is 1. The van der Waals surface area contributed by atoms with Gasteiger partial charge in [-0.2, -0.15) is 0 Å². The molecule has 0 bridgehead atoms. The normalized spacial score (nSPS) is 12.4. The first kappa shape index (κ1) is 12.6. The molecule has 0 aliphatic rings. The molecular weight excluding hydrogens is 300 g/mol. The summed E-state index contributed by atoms with van der Waals surface area (Å²) in [6, 6.07) is 9.60. The molecule has 0 saturated carbocycles. The van der Waals surface area contributed by atoms with Gasteiger partial charge in [0.2, 0.25) is 0 Å². The van der Waals surface area contributed by atoms with E-state index < -0.39 is 0 Å². The summed E-state index contributed by atoms with van der Waals surface area (Å²) in [4.78, 5) is 4.07. The number of nitrogens with zero attached hydrogens (tertiary/aromatic N) is 1. The summed E-state index contributed by atoms with van der Waals surface area (Å²) < 4.78 is 0.873. The van der Waals surface area contributed by atoms with Crippen LogP contribution in [0.25, 0.3) is 0 Å². The number of nitrogens with two attached hydrogens (primary N) is 1. The standard InChI is InChI=1S/C13H12BrClN2/c14-11-5-1-4-10(13(11)15)12(16)7-9-3-2-6-17-8-9/h1-6,8,12H,7,16H2. The maximum absolute atomic E-state index is 6.21. The number of halogens is 2. The molecule has 1 aromatic heterocycles. The molecule has 17 heavy (non-hydrogen) atoms. The van der Waals surface area contributed by atoms with Crippen LogP contribution in [-0.2, 0) is 6.42 Å². The number of rotatable bonds is 3. The molecule has 0 amide bonds. The average Bonchev–Trinajstić information content (AvgIpc) is 2.34. The summed E-state index contributed by atoms with van der Waals surface area (Å²) >= 11 is 9.61. The minimum absolute atomic E-state index is 0.121. The van der Waals surface area contributed by atoms with E-state index >= 15 is 0 Å². The molecule has 88 valence electrons. The summed E-state index contributed by atoms with van der Waals surface area (Å²) in [6.07, 6.45) is 4.30. The molecule has 1 heterocycles. The van der Waals surface area contributed by atoms with Gasteiger partial charge in [-0.25, -0.2) is 0 Å². The predicted molar refractivity (Wildman–Crippen MR) is 74.0 cm³/mol. The van der Waals surface area contributed by atoms with E-state index in [1.165, 1.54) is 0 Å². The zero-order chi connectivity index (χ0) is 12.3. The maximum Gasteiger partial charge on any atom is 0.0595 e. The number of pyridine rings is 1. The summed E-state index contributed by atoms with van der Waals surface area (Å²) in [5.74, 6) is 0. The molecule has 2 nitrogen and oxygen atoms in total. The Morgan fingerprint density at radius 1 is 1.29 bits per heavy atom. The van der Waals surface area contributed by atoms with Crippen molar-refractivity contribution in [1.29, 1.82) is 0 Å². The molecule has 1 aromatic carbocycles. The third-order valence-electron chi connectivity index (χ3n) is 2.56. The van der Waals surface area contributed by atoms with E-state index in [1.54, 1.807) is 6.20 Å². The third kappa shape index (κ3) is 3.06. The number of aromatic nitrogens is 1. The van der Waals surface area contributed by atoms with Crippen LogP contribution < -0.4 is 5.73 Å². The van der Waals surface area contributed by atoms with E-state index in [0.29, 0.717) is 5.02 Å². The molecule has 0 fully saturated rings. The predicted octanol–water partition coefficient (Wildman–Crippen LogP) is 3.74. The van der Waals surface area contributed by atoms with Gasteiger partial charge in [0.05, 0.1) is 5.02 Å². The maximum atomic E-state index is 6.21. The first-order valence-electron chi connectivity index (χ1n) is 5.27. The van der Waals surface area contributed by atoms with Gasteiger partial charge in [0.1, 0.15) is 0 Å². The fraction of sp³-hybridized carbons (Fsp3) is 0.154. The van der Waals surface area contributed by atoms with Gasteiger partial charge in [-0.15, -0.1) is 0 Å². The van der Waals surface area contributed by atoms with Gasteiger partial charge < -0.3 is 5.73 Å². The van der Waals surface area contributed by atoms with Crippen LogP contribution in [0.3, 0.4) is 0 Å². The van der Waals surface area contributed by atoms with Gasteiger partial charge in [-0.3, -0.25) is 4.98 Å². The Hall–Kier alpha value is -0.900. The Kier molecular flexibility index (Phi) is 4.15. The highest BCUT2D eigenvalue weighted by atomic mass is 79.9. The Balaban J connectivity index is 2.20. The molecule has 4 heteroatoms. The highest BCUT2D eigenvalue weighted by Crippen LogP contribution is 2.30. The average molecular weight is 312 g/mol. The fourth-order valence-electron chi connectivity index (χ4n) is 1.69. The van der Waals surface area contributed by atoms with Gasteiger partial charge >= 0.3 is 0 Å². The fourth-order valence-corrected chi connectivity index (χ4v) is 2.34. The van der Waals surface area contributed by atoms with Crippen LogP contribution in [0.4, 0.5) is 0 Å². The van der Waals surface area contributed by atoms with Crippen LogP contribution in [-0.4, -0.2) is 4.98 Å². The van der Waals surface area contributed by atoms with Crippen molar-refractivity contribution < 1.29 is 0 Å². The lowest BCUT2D eigenvalue weighted by molar-refractivity contribution is 0.719. The lowest BCUT2D eigenvalue weighted by atomic mass is 10.0. The SMILES string of the molecule is NC(Cc1cccnc1)c1cccc(Br)c1Cl. The lowest BCUT2D eigenvalue weighted by Crippen LogP contribution is -2.14. The van der Waals surface area contributed by atoms with Crippen molar-refractivity contribution in [1.82, 2.24) is 4.98 Å². The van der Waals surface area contributed by atoms with Crippen molar-refractivity contribution in [3.63, 3.8) is 0 Å². The smallest absolute Gasteiger partial charge is 0.0595 e. The molecule has 0 aliphatic heterocycles. The number of hydrogen-bond acceptors (Lipinski definition) is 2. The van der Waals surface area contributed by atoms with Crippen LogP contribution in [0, 0.1) is 0 Å². The minimum Gasteiger partial charge on any atom is -0.324 e.